The summed E-state index contributed by atoms with van der Waals surface area (Å²) in [6.45, 7) is 1.40. The van der Waals surface area contributed by atoms with Crippen molar-refractivity contribution in [2.75, 3.05) is 0 Å². The van der Waals surface area contributed by atoms with Crippen LogP contribution in [-0.2, 0) is 40.5 Å². The number of nitrogens with one attached hydrogen (secondary N) is 2. The van der Waals surface area contributed by atoms with Gasteiger partial charge in [-0.25, -0.2) is 9.97 Å². The van der Waals surface area contributed by atoms with E-state index in [-0.39, 0.29) is 21.1 Å². The van der Waals surface area contributed by atoms with Gasteiger partial charge in [-0.05, 0) is 121 Å². The molecule has 330 valence electrons. The summed E-state index contributed by atoms with van der Waals surface area (Å²) in [5, 5.41) is 0. The molecule has 0 fully saturated rings. The molecule has 3 aliphatic rings. The fourth-order valence-corrected chi connectivity index (χ4v) is 9.87. The average Bonchev–Trinajstić information content (AvgIpc) is 4.09. The smallest absolute Gasteiger partial charge is 0.294 e. The lowest BCUT2D eigenvalue weighted by Crippen LogP contribution is -2.33. The zero-order valence-corrected chi connectivity index (χ0v) is 36.8. The summed E-state index contributed by atoms with van der Waals surface area (Å²) in [6, 6.07) is 23.7. The second-order valence-corrected chi connectivity index (χ2v) is 21.6. The molecule has 8 bridgehead atoms. The van der Waals surface area contributed by atoms with Crippen LogP contribution < -0.4 is 0 Å². The van der Waals surface area contributed by atoms with Gasteiger partial charge in [0.05, 0.1) is 37.5 Å². The van der Waals surface area contributed by atoms with Crippen molar-refractivity contribution in [2.24, 2.45) is 0 Å². The normalized spacial score (nSPS) is 16.5. The predicted octanol–water partition coefficient (Wildman–Crippen LogP) is 8.39. The number of aromatic amines is 2. The molecular formula is C45H34N4O12S4. The van der Waals surface area contributed by atoms with Gasteiger partial charge in [-0.3, -0.25) is 18.2 Å². The lowest BCUT2D eigenvalue weighted by molar-refractivity contribution is 0.452. The fourth-order valence-electron chi connectivity index (χ4n) is 7.89. The maximum atomic E-state index is 12.4. The van der Waals surface area contributed by atoms with Crippen LogP contribution in [0.1, 0.15) is 41.7 Å². The van der Waals surface area contributed by atoms with Crippen LogP contribution >= 0.6 is 0 Å². The average molecular weight is 951 g/mol. The summed E-state index contributed by atoms with van der Waals surface area (Å²) >= 11 is 0. The van der Waals surface area contributed by atoms with E-state index in [0.717, 1.165) is 0 Å². The van der Waals surface area contributed by atoms with Gasteiger partial charge in [0, 0.05) is 44.3 Å². The number of allylic oxidation sites excluding steroid dienone is 3. The summed E-state index contributed by atoms with van der Waals surface area (Å²) in [5.74, 6) is 0. The third-order valence-electron chi connectivity index (χ3n) is 11.3. The third kappa shape index (κ3) is 8.21. The Bertz CT molecular complexity index is 3710. The Hall–Kier alpha value is -6.62. The second-order valence-electron chi connectivity index (χ2n) is 15.5. The first-order valence-electron chi connectivity index (χ1n) is 19.3. The number of hydrogen-bond donors (Lipinski definition) is 6. The van der Waals surface area contributed by atoms with Crippen LogP contribution in [0.3, 0.4) is 0 Å². The van der Waals surface area contributed by atoms with E-state index in [1.54, 1.807) is 60.7 Å². The Morgan fingerprint density at radius 2 is 0.754 bits per heavy atom. The number of hydrogen-bond acceptors (Lipinski definition) is 10. The van der Waals surface area contributed by atoms with Crippen molar-refractivity contribution in [1.29, 1.82) is 0 Å². The Morgan fingerprint density at radius 1 is 0.446 bits per heavy atom. The van der Waals surface area contributed by atoms with E-state index in [9.17, 15) is 51.9 Å². The number of rotatable bonds is 8. The van der Waals surface area contributed by atoms with Gasteiger partial charge in [-0.2, -0.15) is 33.7 Å². The molecule has 1 unspecified atom stereocenters. The molecule has 2 aliphatic heterocycles. The summed E-state index contributed by atoms with van der Waals surface area (Å²) in [4.78, 5) is 16.1. The Balaban J connectivity index is 1.42. The highest BCUT2D eigenvalue weighted by Crippen LogP contribution is 2.40. The molecule has 3 aromatic carbocycles. The van der Waals surface area contributed by atoms with Gasteiger partial charge in [-0.15, -0.1) is 0 Å². The van der Waals surface area contributed by atoms with E-state index < -0.39 is 45.2 Å². The molecule has 20 heteroatoms. The first-order chi connectivity index (χ1) is 30.6. The molecule has 0 spiro atoms. The van der Waals surface area contributed by atoms with Crippen LogP contribution in [0.2, 0.25) is 0 Å². The summed E-state index contributed by atoms with van der Waals surface area (Å²) in [6.07, 6.45) is 11.6. The topological polar surface area (TPSA) is 275 Å². The van der Waals surface area contributed by atoms with Crippen molar-refractivity contribution < 1.29 is 51.9 Å². The minimum Gasteiger partial charge on any atom is -0.354 e. The molecule has 0 saturated heterocycles. The monoisotopic (exact) mass is 950 g/mol. The molecule has 5 heterocycles. The van der Waals surface area contributed by atoms with Gasteiger partial charge in [0.1, 0.15) is 4.75 Å². The largest absolute Gasteiger partial charge is 0.354 e. The molecular weight excluding hydrogens is 917 g/mol. The molecule has 1 aliphatic carbocycles. The van der Waals surface area contributed by atoms with Crippen LogP contribution in [0.4, 0.5) is 0 Å². The van der Waals surface area contributed by atoms with E-state index in [0.29, 0.717) is 89.4 Å². The van der Waals surface area contributed by atoms with Gasteiger partial charge in [0.15, 0.2) is 0 Å². The van der Waals surface area contributed by atoms with Crippen LogP contribution in [-0.4, -0.2) is 76.6 Å². The minimum absolute atomic E-state index is 0.0832. The van der Waals surface area contributed by atoms with Gasteiger partial charge < -0.3 is 9.97 Å². The quantitative estimate of drug-likeness (QED) is 0.0781. The van der Waals surface area contributed by atoms with Crippen molar-refractivity contribution in [3.63, 3.8) is 0 Å². The van der Waals surface area contributed by atoms with Crippen LogP contribution in [0.15, 0.2) is 130 Å². The molecule has 65 heavy (non-hydrogen) atoms. The fraction of sp³-hybridized carbons (Fsp3) is 0.0667. The summed E-state index contributed by atoms with van der Waals surface area (Å²) in [5.41, 5.74) is 7.66. The third-order valence-corrected chi connectivity index (χ3v) is 15.4. The molecule has 1 atom stereocenters. The number of H-pyrrole nitrogens is 2. The van der Waals surface area contributed by atoms with Crippen LogP contribution in [0.5, 0.6) is 0 Å². The van der Waals surface area contributed by atoms with Gasteiger partial charge in [0.25, 0.3) is 40.5 Å². The van der Waals surface area contributed by atoms with Gasteiger partial charge in [-0.1, -0.05) is 54.6 Å². The van der Waals surface area contributed by atoms with Crippen LogP contribution in [0.25, 0.3) is 85.3 Å². The first kappa shape index (κ1) is 43.6. The van der Waals surface area contributed by atoms with Crippen molar-refractivity contribution >= 4 is 92.4 Å². The van der Waals surface area contributed by atoms with Crippen molar-refractivity contribution in [1.82, 2.24) is 19.9 Å². The number of aromatic nitrogens is 4. The molecule has 16 nitrogen and oxygen atoms in total. The summed E-state index contributed by atoms with van der Waals surface area (Å²) in [7, 11) is -18.1. The molecule has 6 aromatic rings. The van der Waals surface area contributed by atoms with E-state index in [1.165, 1.54) is 85.8 Å². The highest BCUT2D eigenvalue weighted by Gasteiger charge is 2.36. The minimum atomic E-state index is -4.55. The maximum absolute atomic E-state index is 12.4. The zero-order chi connectivity index (χ0) is 46.3. The van der Waals surface area contributed by atoms with E-state index in [2.05, 4.69) is 9.97 Å². The van der Waals surface area contributed by atoms with Crippen molar-refractivity contribution in [2.45, 2.75) is 32.8 Å². The Labute approximate surface area is 372 Å². The van der Waals surface area contributed by atoms with Crippen molar-refractivity contribution in [3.05, 3.63) is 144 Å². The number of fused-ring (bicyclic) bond motifs is 8. The van der Waals surface area contributed by atoms with Gasteiger partial charge >= 0.3 is 0 Å². The molecule has 3 aromatic heterocycles. The van der Waals surface area contributed by atoms with E-state index >= 15 is 0 Å². The zero-order valence-electron chi connectivity index (χ0n) is 33.6. The predicted molar refractivity (Wildman–Crippen MR) is 246 cm³/mol. The van der Waals surface area contributed by atoms with Gasteiger partial charge in [0.2, 0.25) is 0 Å². The van der Waals surface area contributed by atoms with Crippen molar-refractivity contribution in [3.8, 4) is 33.4 Å². The van der Waals surface area contributed by atoms with E-state index in [1.807, 2.05) is 0 Å². The lowest BCUT2D eigenvalue weighted by atomic mass is 9.92. The SMILES string of the molecule is CC1(S(=O)(=O)O)C=CC(c2c3nc(c(-c4ccc(S(=O)(=O)O)cc4)c4ccc([nH]4)c(-c4ccc(S(=O)(=O)O)cc4)c4nc(c(-c5ccc(S(=O)(=O)O)cc5)c5ccc2[nH]5)C=C4)C=C3)=CC1. The van der Waals surface area contributed by atoms with Crippen LogP contribution in [0, 0.1) is 0 Å². The highest BCUT2D eigenvalue weighted by molar-refractivity contribution is 7.87. The lowest BCUT2D eigenvalue weighted by Gasteiger charge is -2.24. The highest BCUT2D eigenvalue weighted by atomic mass is 32.2. The summed E-state index contributed by atoms with van der Waals surface area (Å²) < 4.78 is 135. The molecule has 0 radical (unpaired) electrons. The number of benzene rings is 3. The Kier molecular flexibility index (Phi) is 10.4. The molecule has 9 rings (SSSR count). The molecule has 0 amide bonds. The number of nitrogens with zero attached hydrogens (tertiary/aromatic N) is 2. The Morgan fingerprint density at radius 3 is 1.03 bits per heavy atom. The molecule has 0 saturated carbocycles. The first-order valence-corrected chi connectivity index (χ1v) is 25.1. The molecule has 6 N–H and O–H groups in total. The second kappa shape index (κ2) is 15.5. The standard InChI is InChI=1S/C45H34N4O12S4/c1-45(65(59,60)61)24-22-29(23-25-45)44-39-20-18-37(48-39)42(27-4-10-31(11-5-27)63(53,54)55)35-16-14-33(46-35)41(26-2-8-30(9-3-26)62(50,51)52)34-15-17-36(47-34)43(38-19-21-40(44)49-38)28-6-12-32(13-7-28)64(56,57)58/h2-24,46,49H,25H2,1H3,(H,50,51,52)(H,53,54,55)(H,56,57,58)(H,59,60,61). The maximum Gasteiger partial charge on any atom is 0.294 e. The van der Waals surface area contributed by atoms with E-state index in [4.69, 9.17) is 9.97 Å².